The highest BCUT2D eigenvalue weighted by Gasteiger charge is 2.16. The van der Waals surface area contributed by atoms with Gasteiger partial charge in [0.25, 0.3) is 5.56 Å². The van der Waals surface area contributed by atoms with Gasteiger partial charge in [-0.3, -0.25) is 4.79 Å². The summed E-state index contributed by atoms with van der Waals surface area (Å²) >= 11 is 0. The van der Waals surface area contributed by atoms with Crippen molar-refractivity contribution in [3.8, 4) is 22.8 Å². The van der Waals surface area contributed by atoms with E-state index in [2.05, 4.69) is 0 Å². The molecule has 2 aromatic rings. The van der Waals surface area contributed by atoms with E-state index in [1.807, 2.05) is 38.1 Å². The van der Waals surface area contributed by atoms with Gasteiger partial charge < -0.3 is 19.1 Å². The van der Waals surface area contributed by atoms with Crippen molar-refractivity contribution >= 4 is 0 Å². The number of hydrogen-bond donors (Lipinski definition) is 1. The number of methoxy groups -OCH3 is 2. The molecule has 0 saturated heterocycles. The van der Waals surface area contributed by atoms with Crippen molar-refractivity contribution in [3.63, 3.8) is 0 Å². The summed E-state index contributed by atoms with van der Waals surface area (Å²) < 4.78 is 12.3. The van der Waals surface area contributed by atoms with Crippen molar-refractivity contribution in [2.75, 3.05) is 14.2 Å². The van der Waals surface area contributed by atoms with E-state index in [1.165, 1.54) is 0 Å². The summed E-state index contributed by atoms with van der Waals surface area (Å²) in [6.07, 6.45) is 0. The van der Waals surface area contributed by atoms with E-state index in [0.717, 1.165) is 11.3 Å². The fourth-order valence-electron chi connectivity index (χ4n) is 2.46. The predicted octanol–water partition coefficient (Wildman–Crippen LogP) is 2.61. The van der Waals surface area contributed by atoms with Gasteiger partial charge in [-0.2, -0.15) is 0 Å². The van der Waals surface area contributed by atoms with E-state index in [1.54, 1.807) is 24.9 Å². The van der Waals surface area contributed by atoms with Gasteiger partial charge in [-0.25, -0.2) is 0 Å². The first-order valence-electron chi connectivity index (χ1n) is 7.11. The minimum Gasteiger partial charge on any atom is -0.497 e. The molecule has 5 heteroatoms. The average Bonchev–Trinajstić information content (AvgIpc) is 2.53. The molecule has 1 heterocycles. The van der Waals surface area contributed by atoms with E-state index >= 15 is 0 Å². The lowest BCUT2D eigenvalue weighted by Gasteiger charge is -2.19. The molecule has 0 unspecified atom stereocenters. The van der Waals surface area contributed by atoms with Crippen LogP contribution in [0.4, 0.5) is 0 Å². The molecule has 0 radical (unpaired) electrons. The Bertz CT molecular complexity index is 719. The normalized spacial score (nSPS) is 10.8. The summed E-state index contributed by atoms with van der Waals surface area (Å²) in [5.41, 5.74) is 1.68. The van der Waals surface area contributed by atoms with Gasteiger partial charge in [0.2, 0.25) is 0 Å². The third-order valence-corrected chi connectivity index (χ3v) is 3.56. The molecular formula is C17H21NO4. The standard InChI is InChI=1S/C17H21NO4/c1-11(2)18-15(7-5-12(10-19)17(18)20)14-9-13(21-3)6-8-16(14)22-4/h5-9,11,19H,10H2,1-4H3. The summed E-state index contributed by atoms with van der Waals surface area (Å²) in [7, 11) is 3.18. The van der Waals surface area contributed by atoms with Crippen molar-refractivity contribution in [1.29, 1.82) is 0 Å². The van der Waals surface area contributed by atoms with Gasteiger partial charge in [0.05, 0.1) is 26.5 Å². The maximum Gasteiger partial charge on any atom is 0.256 e. The van der Waals surface area contributed by atoms with Crippen LogP contribution in [0.3, 0.4) is 0 Å². The minimum atomic E-state index is -0.277. The molecule has 5 nitrogen and oxygen atoms in total. The van der Waals surface area contributed by atoms with E-state index in [-0.39, 0.29) is 18.2 Å². The van der Waals surface area contributed by atoms with Crippen molar-refractivity contribution < 1.29 is 14.6 Å². The molecule has 0 spiro atoms. The third kappa shape index (κ3) is 2.85. The zero-order valence-corrected chi connectivity index (χ0v) is 13.3. The van der Waals surface area contributed by atoms with Gasteiger partial charge >= 0.3 is 0 Å². The topological polar surface area (TPSA) is 60.7 Å². The molecule has 0 aliphatic carbocycles. The molecule has 1 N–H and O–H groups in total. The van der Waals surface area contributed by atoms with Gasteiger partial charge in [0, 0.05) is 17.2 Å². The third-order valence-electron chi connectivity index (χ3n) is 3.56. The lowest BCUT2D eigenvalue weighted by molar-refractivity contribution is 0.279. The van der Waals surface area contributed by atoms with Gasteiger partial charge in [0.1, 0.15) is 11.5 Å². The molecule has 0 bridgehead atoms. The molecule has 0 amide bonds. The van der Waals surface area contributed by atoms with E-state index < -0.39 is 0 Å². The number of aliphatic hydroxyl groups is 1. The zero-order valence-electron chi connectivity index (χ0n) is 13.3. The van der Waals surface area contributed by atoms with Crippen LogP contribution in [0, 0.1) is 0 Å². The lowest BCUT2D eigenvalue weighted by atomic mass is 10.1. The molecule has 0 aliphatic rings. The SMILES string of the molecule is COc1ccc(OC)c(-c2ccc(CO)c(=O)n2C(C)C)c1. The first-order valence-corrected chi connectivity index (χ1v) is 7.11. The fourth-order valence-corrected chi connectivity index (χ4v) is 2.46. The van der Waals surface area contributed by atoms with Crippen LogP contribution in [0.25, 0.3) is 11.3 Å². The van der Waals surface area contributed by atoms with Crippen LogP contribution in [0.15, 0.2) is 35.1 Å². The quantitative estimate of drug-likeness (QED) is 0.922. The van der Waals surface area contributed by atoms with Crippen molar-refractivity contribution in [3.05, 3.63) is 46.2 Å². The van der Waals surface area contributed by atoms with Gasteiger partial charge in [0.15, 0.2) is 0 Å². The second-order valence-electron chi connectivity index (χ2n) is 5.24. The maximum absolute atomic E-state index is 12.5. The molecule has 0 atom stereocenters. The Balaban J connectivity index is 2.77. The second-order valence-corrected chi connectivity index (χ2v) is 5.24. The van der Waals surface area contributed by atoms with Crippen LogP contribution in [0.5, 0.6) is 11.5 Å². The Morgan fingerprint density at radius 2 is 1.86 bits per heavy atom. The fraction of sp³-hybridized carbons (Fsp3) is 0.353. The first kappa shape index (κ1) is 16.1. The van der Waals surface area contributed by atoms with Gasteiger partial charge in [-0.15, -0.1) is 0 Å². The molecule has 118 valence electrons. The summed E-state index contributed by atoms with van der Waals surface area (Å²) in [5, 5.41) is 9.31. The summed E-state index contributed by atoms with van der Waals surface area (Å²) in [6.45, 7) is 3.58. The number of nitrogens with zero attached hydrogens (tertiary/aromatic N) is 1. The Labute approximate surface area is 129 Å². The van der Waals surface area contributed by atoms with Gasteiger partial charge in [-0.1, -0.05) is 0 Å². The Morgan fingerprint density at radius 3 is 2.41 bits per heavy atom. The molecular weight excluding hydrogens is 282 g/mol. The highest BCUT2D eigenvalue weighted by Crippen LogP contribution is 2.33. The highest BCUT2D eigenvalue weighted by atomic mass is 16.5. The number of aliphatic hydroxyl groups excluding tert-OH is 1. The van der Waals surface area contributed by atoms with Crippen LogP contribution in [0.2, 0.25) is 0 Å². The van der Waals surface area contributed by atoms with Crippen LogP contribution in [-0.4, -0.2) is 23.9 Å². The molecule has 22 heavy (non-hydrogen) atoms. The van der Waals surface area contributed by atoms with E-state index in [0.29, 0.717) is 17.1 Å². The lowest BCUT2D eigenvalue weighted by Crippen LogP contribution is -2.26. The van der Waals surface area contributed by atoms with E-state index in [4.69, 9.17) is 9.47 Å². The number of aromatic nitrogens is 1. The van der Waals surface area contributed by atoms with Crippen molar-refractivity contribution in [2.45, 2.75) is 26.5 Å². The molecule has 1 aromatic heterocycles. The minimum absolute atomic E-state index is 0.0510. The molecule has 0 saturated carbocycles. The Hall–Kier alpha value is -2.27. The van der Waals surface area contributed by atoms with Gasteiger partial charge in [-0.05, 0) is 44.2 Å². The van der Waals surface area contributed by atoms with Crippen molar-refractivity contribution in [2.24, 2.45) is 0 Å². The summed E-state index contributed by atoms with van der Waals surface area (Å²) in [6, 6.07) is 8.88. The summed E-state index contributed by atoms with van der Waals surface area (Å²) in [4.78, 5) is 12.5. The van der Waals surface area contributed by atoms with Crippen LogP contribution < -0.4 is 15.0 Å². The molecule has 0 aliphatic heterocycles. The predicted molar refractivity (Wildman–Crippen MR) is 85.5 cm³/mol. The second kappa shape index (κ2) is 6.66. The van der Waals surface area contributed by atoms with Crippen LogP contribution in [0.1, 0.15) is 25.5 Å². The maximum atomic E-state index is 12.5. The number of pyridine rings is 1. The highest BCUT2D eigenvalue weighted by molar-refractivity contribution is 5.69. The van der Waals surface area contributed by atoms with E-state index in [9.17, 15) is 9.90 Å². The van der Waals surface area contributed by atoms with Crippen LogP contribution >= 0.6 is 0 Å². The molecule has 1 aromatic carbocycles. The number of benzene rings is 1. The Morgan fingerprint density at radius 1 is 1.14 bits per heavy atom. The molecule has 0 fully saturated rings. The zero-order chi connectivity index (χ0) is 16.3. The van der Waals surface area contributed by atoms with Crippen LogP contribution in [-0.2, 0) is 6.61 Å². The largest absolute Gasteiger partial charge is 0.497 e. The number of ether oxygens (including phenoxy) is 2. The average molecular weight is 303 g/mol. The molecule has 2 rings (SSSR count). The van der Waals surface area contributed by atoms with Crippen molar-refractivity contribution in [1.82, 2.24) is 4.57 Å². The summed E-state index contributed by atoms with van der Waals surface area (Å²) in [5.74, 6) is 1.34. The first-order chi connectivity index (χ1) is 10.5. The number of rotatable bonds is 5. The monoisotopic (exact) mass is 303 g/mol. The smallest absolute Gasteiger partial charge is 0.256 e. The Kier molecular flexibility index (Phi) is 4.88. The number of hydrogen-bond acceptors (Lipinski definition) is 4.